The van der Waals surface area contributed by atoms with E-state index >= 15 is 0 Å². The molecule has 1 aromatic carbocycles. The standard InChI is InChI=1S/C13H19NO4S.W/c15-13(19(16,17)18)12-8-4-5-9-14(12)10-11-6-2-1-3-7-11;/h1-3,6-7,12-13,15H,4-5,8-10H2,(H,16,17,18);/t12-,13?;/m1./s1. The zero-order chi connectivity index (χ0) is 13.9. The zero-order valence-electron chi connectivity index (χ0n) is 11.1. The molecule has 0 saturated carbocycles. The van der Waals surface area contributed by atoms with E-state index < -0.39 is 21.6 Å². The van der Waals surface area contributed by atoms with E-state index in [1.807, 2.05) is 35.2 Å². The van der Waals surface area contributed by atoms with Gasteiger partial charge in [0.25, 0.3) is 10.1 Å². The van der Waals surface area contributed by atoms with Gasteiger partial charge < -0.3 is 5.11 Å². The summed E-state index contributed by atoms with van der Waals surface area (Å²) >= 11 is 0. The molecular weight excluding hydrogens is 450 g/mol. The summed E-state index contributed by atoms with van der Waals surface area (Å²) in [5.41, 5.74) is -0.659. The number of hydrogen-bond donors (Lipinski definition) is 2. The Kier molecular flexibility index (Phi) is 6.82. The number of rotatable bonds is 4. The Morgan fingerprint density at radius 3 is 2.50 bits per heavy atom. The van der Waals surface area contributed by atoms with Gasteiger partial charge in [-0.15, -0.1) is 0 Å². The smallest absolute Gasteiger partial charge is 0.293 e. The van der Waals surface area contributed by atoms with Crippen LogP contribution in [0.2, 0.25) is 0 Å². The third kappa shape index (κ3) is 4.64. The summed E-state index contributed by atoms with van der Waals surface area (Å²) in [7, 11) is -4.41. The fraction of sp³-hybridized carbons (Fsp3) is 0.538. The van der Waals surface area contributed by atoms with Crippen LogP contribution in [0, 0.1) is 0 Å². The van der Waals surface area contributed by atoms with E-state index in [1.54, 1.807) is 0 Å². The first-order valence-electron chi connectivity index (χ1n) is 6.41. The number of aliphatic hydroxyl groups excluding tert-OH is 1. The molecule has 2 N–H and O–H groups in total. The summed E-state index contributed by atoms with van der Waals surface area (Å²) in [6, 6.07) is 9.16. The van der Waals surface area contributed by atoms with Gasteiger partial charge >= 0.3 is 0 Å². The maximum Gasteiger partial charge on any atom is 0.293 e. The van der Waals surface area contributed by atoms with Gasteiger partial charge in [0, 0.05) is 27.6 Å². The molecule has 1 unspecified atom stereocenters. The van der Waals surface area contributed by atoms with Crippen molar-refractivity contribution in [1.29, 1.82) is 0 Å². The van der Waals surface area contributed by atoms with Crippen LogP contribution in [0.5, 0.6) is 0 Å². The van der Waals surface area contributed by atoms with Gasteiger partial charge in [-0.3, -0.25) is 9.45 Å². The first-order chi connectivity index (χ1) is 8.98. The van der Waals surface area contributed by atoms with Crippen LogP contribution in [0.25, 0.3) is 0 Å². The van der Waals surface area contributed by atoms with E-state index in [2.05, 4.69) is 0 Å². The van der Waals surface area contributed by atoms with E-state index in [1.165, 1.54) is 0 Å². The monoisotopic (exact) mass is 469 g/mol. The molecular formula is C13H19NO4SW. The molecule has 0 amide bonds. The minimum atomic E-state index is -4.41. The molecule has 0 radical (unpaired) electrons. The predicted octanol–water partition coefficient (Wildman–Crippen LogP) is 1.24. The van der Waals surface area contributed by atoms with Crippen LogP contribution in [-0.2, 0) is 37.7 Å². The van der Waals surface area contributed by atoms with Crippen LogP contribution in [0.3, 0.4) is 0 Å². The molecule has 1 aliphatic heterocycles. The van der Waals surface area contributed by atoms with Gasteiger partial charge in [0.1, 0.15) is 0 Å². The van der Waals surface area contributed by atoms with Gasteiger partial charge in [0.15, 0.2) is 5.44 Å². The Bertz CT molecular complexity index is 508. The maximum absolute atomic E-state index is 11.1. The van der Waals surface area contributed by atoms with E-state index in [4.69, 9.17) is 4.55 Å². The molecule has 0 bridgehead atoms. The molecule has 1 aliphatic rings. The second-order valence-corrected chi connectivity index (χ2v) is 6.44. The molecule has 1 saturated heterocycles. The zero-order valence-corrected chi connectivity index (χ0v) is 14.8. The molecule has 2 atom stereocenters. The minimum absolute atomic E-state index is 0. The Balaban J connectivity index is 0.00000200. The molecule has 1 aromatic rings. The summed E-state index contributed by atoms with van der Waals surface area (Å²) in [6.45, 7) is 1.31. The Morgan fingerprint density at radius 1 is 1.25 bits per heavy atom. The van der Waals surface area contributed by atoms with Crippen LogP contribution < -0.4 is 0 Å². The molecule has 7 heteroatoms. The largest absolute Gasteiger partial charge is 0.374 e. The summed E-state index contributed by atoms with van der Waals surface area (Å²) in [4.78, 5) is 1.93. The Labute approximate surface area is 134 Å². The van der Waals surface area contributed by atoms with Crippen molar-refractivity contribution in [2.24, 2.45) is 0 Å². The van der Waals surface area contributed by atoms with E-state index in [0.717, 1.165) is 24.9 Å². The number of benzene rings is 1. The van der Waals surface area contributed by atoms with Crippen molar-refractivity contribution in [3.05, 3.63) is 35.9 Å². The second kappa shape index (κ2) is 7.66. The SMILES string of the molecule is O=S(=O)(O)C(O)[C@H]1CCCCN1Cc1ccccc1.[W]. The van der Waals surface area contributed by atoms with Crippen LogP contribution in [0.15, 0.2) is 30.3 Å². The molecule has 1 fully saturated rings. The van der Waals surface area contributed by atoms with Gasteiger partial charge in [0.2, 0.25) is 0 Å². The number of nitrogens with zero attached hydrogens (tertiary/aromatic N) is 1. The number of hydrogen-bond acceptors (Lipinski definition) is 4. The third-order valence-corrected chi connectivity index (χ3v) is 4.45. The van der Waals surface area contributed by atoms with Crippen LogP contribution in [-0.4, -0.2) is 41.0 Å². The average molecular weight is 469 g/mol. The Hall–Kier alpha value is -0.262. The molecule has 112 valence electrons. The summed E-state index contributed by atoms with van der Waals surface area (Å²) in [6.07, 6.45) is 2.41. The van der Waals surface area contributed by atoms with E-state index in [-0.39, 0.29) is 21.1 Å². The van der Waals surface area contributed by atoms with Crippen molar-refractivity contribution in [2.45, 2.75) is 37.3 Å². The predicted molar refractivity (Wildman–Crippen MR) is 72.0 cm³/mol. The quantitative estimate of drug-likeness (QED) is 0.650. The van der Waals surface area contributed by atoms with Gasteiger partial charge in [-0.05, 0) is 24.9 Å². The number of piperidine rings is 1. The molecule has 20 heavy (non-hydrogen) atoms. The topological polar surface area (TPSA) is 77.8 Å². The molecule has 2 rings (SSSR count). The average Bonchev–Trinajstić information content (AvgIpc) is 2.39. The number of aliphatic hydroxyl groups is 1. The molecule has 1 heterocycles. The Morgan fingerprint density at radius 2 is 1.90 bits per heavy atom. The third-order valence-electron chi connectivity index (χ3n) is 3.53. The van der Waals surface area contributed by atoms with Crippen molar-refractivity contribution in [3.8, 4) is 0 Å². The van der Waals surface area contributed by atoms with Crippen LogP contribution in [0.1, 0.15) is 24.8 Å². The van der Waals surface area contributed by atoms with Crippen LogP contribution in [0.4, 0.5) is 0 Å². The van der Waals surface area contributed by atoms with Gasteiger partial charge in [-0.1, -0.05) is 36.8 Å². The molecule has 0 aliphatic carbocycles. The van der Waals surface area contributed by atoms with E-state index in [9.17, 15) is 13.5 Å². The first-order valence-corrected chi connectivity index (χ1v) is 7.91. The fourth-order valence-corrected chi connectivity index (χ4v) is 3.26. The van der Waals surface area contributed by atoms with Crippen molar-refractivity contribution in [2.75, 3.05) is 6.54 Å². The summed E-state index contributed by atoms with van der Waals surface area (Å²) in [5, 5.41) is 9.78. The second-order valence-electron chi connectivity index (χ2n) is 4.92. The van der Waals surface area contributed by atoms with Gasteiger partial charge in [-0.25, -0.2) is 0 Å². The number of likely N-dealkylation sites (tertiary alicyclic amines) is 1. The normalized spacial score (nSPS) is 22.0. The fourth-order valence-electron chi connectivity index (χ4n) is 2.55. The molecule has 0 aromatic heterocycles. The van der Waals surface area contributed by atoms with Crippen molar-refractivity contribution < 1.29 is 39.1 Å². The summed E-state index contributed by atoms with van der Waals surface area (Å²) in [5.74, 6) is 0. The molecule has 5 nitrogen and oxygen atoms in total. The van der Waals surface area contributed by atoms with Crippen molar-refractivity contribution >= 4 is 10.1 Å². The van der Waals surface area contributed by atoms with Crippen molar-refractivity contribution in [3.63, 3.8) is 0 Å². The first kappa shape index (κ1) is 17.8. The van der Waals surface area contributed by atoms with E-state index in [0.29, 0.717) is 13.0 Å². The molecule has 0 spiro atoms. The van der Waals surface area contributed by atoms with Gasteiger partial charge in [-0.2, -0.15) is 8.42 Å². The maximum atomic E-state index is 11.1. The minimum Gasteiger partial charge on any atom is -0.374 e. The van der Waals surface area contributed by atoms with Crippen molar-refractivity contribution in [1.82, 2.24) is 4.90 Å². The van der Waals surface area contributed by atoms with Gasteiger partial charge in [0.05, 0.1) is 6.04 Å². The van der Waals surface area contributed by atoms with Crippen LogP contribution >= 0.6 is 0 Å². The summed E-state index contributed by atoms with van der Waals surface area (Å²) < 4.78 is 31.2.